The van der Waals surface area contributed by atoms with Crippen molar-refractivity contribution in [3.8, 4) is 11.1 Å². The van der Waals surface area contributed by atoms with Gasteiger partial charge in [-0.3, -0.25) is 0 Å². The van der Waals surface area contributed by atoms with E-state index in [9.17, 15) is 22.4 Å². The van der Waals surface area contributed by atoms with Crippen molar-refractivity contribution >= 4 is 5.97 Å². The van der Waals surface area contributed by atoms with E-state index in [1.54, 1.807) is 6.92 Å². The van der Waals surface area contributed by atoms with Gasteiger partial charge in [0.05, 0.1) is 17.7 Å². The number of hydrogen-bond donors (Lipinski definition) is 0. The maximum atomic E-state index is 13.4. The Morgan fingerprint density at radius 3 is 2.50 bits per heavy atom. The fourth-order valence-electron chi connectivity index (χ4n) is 2.01. The number of alkyl halides is 3. The minimum Gasteiger partial charge on any atom is -0.462 e. The molecule has 0 unspecified atom stereocenters. The minimum atomic E-state index is -4.52. The fourth-order valence-corrected chi connectivity index (χ4v) is 2.01. The number of carbonyl (C=O) groups is 1. The van der Waals surface area contributed by atoms with E-state index in [0.717, 1.165) is 24.3 Å². The standard InChI is InChI=1S/C16H12F4O2/c1-2-22-15(21)13-7-6-12(17)9-14(13)10-4-3-5-11(8-10)16(18,19)20/h3-9H,2H2,1H3. The number of halogens is 4. The summed E-state index contributed by atoms with van der Waals surface area (Å²) in [7, 11) is 0. The van der Waals surface area contributed by atoms with Crippen LogP contribution in [-0.2, 0) is 10.9 Å². The van der Waals surface area contributed by atoms with Crippen LogP contribution in [0, 0.1) is 5.82 Å². The Hall–Kier alpha value is -2.37. The Bertz CT molecular complexity index is 693. The van der Waals surface area contributed by atoms with Crippen LogP contribution in [0.3, 0.4) is 0 Å². The highest BCUT2D eigenvalue weighted by atomic mass is 19.4. The van der Waals surface area contributed by atoms with Crippen LogP contribution in [0.2, 0.25) is 0 Å². The molecule has 2 nitrogen and oxygen atoms in total. The maximum absolute atomic E-state index is 13.4. The van der Waals surface area contributed by atoms with Crippen molar-refractivity contribution in [2.75, 3.05) is 6.61 Å². The van der Waals surface area contributed by atoms with Crippen LogP contribution in [0.25, 0.3) is 11.1 Å². The van der Waals surface area contributed by atoms with E-state index in [1.165, 1.54) is 18.2 Å². The number of hydrogen-bond acceptors (Lipinski definition) is 2. The quantitative estimate of drug-likeness (QED) is 0.607. The van der Waals surface area contributed by atoms with Crippen molar-refractivity contribution < 1.29 is 27.1 Å². The van der Waals surface area contributed by atoms with Crippen molar-refractivity contribution in [3.63, 3.8) is 0 Å². The number of benzene rings is 2. The third-order valence-electron chi connectivity index (χ3n) is 2.98. The number of rotatable bonds is 3. The van der Waals surface area contributed by atoms with E-state index >= 15 is 0 Å². The van der Waals surface area contributed by atoms with Crippen LogP contribution >= 0.6 is 0 Å². The molecule has 0 aliphatic heterocycles. The van der Waals surface area contributed by atoms with Crippen LogP contribution in [0.15, 0.2) is 42.5 Å². The van der Waals surface area contributed by atoms with Gasteiger partial charge in [-0.15, -0.1) is 0 Å². The predicted molar refractivity (Wildman–Crippen MR) is 72.8 cm³/mol. The summed E-state index contributed by atoms with van der Waals surface area (Å²) >= 11 is 0. The van der Waals surface area contributed by atoms with Gasteiger partial charge >= 0.3 is 12.1 Å². The van der Waals surface area contributed by atoms with E-state index in [2.05, 4.69) is 0 Å². The lowest BCUT2D eigenvalue weighted by Crippen LogP contribution is -2.08. The molecule has 0 aromatic heterocycles. The van der Waals surface area contributed by atoms with E-state index in [-0.39, 0.29) is 23.3 Å². The lowest BCUT2D eigenvalue weighted by Gasteiger charge is -2.12. The first-order chi connectivity index (χ1) is 10.3. The summed E-state index contributed by atoms with van der Waals surface area (Å²) in [5.74, 6) is -1.37. The number of ether oxygens (including phenoxy) is 1. The van der Waals surface area contributed by atoms with Crippen LogP contribution in [0.5, 0.6) is 0 Å². The average Bonchev–Trinajstić information content (AvgIpc) is 2.46. The molecule has 0 heterocycles. The molecule has 2 rings (SSSR count). The summed E-state index contributed by atoms with van der Waals surface area (Å²) in [5.41, 5.74) is -0.700. The molecule has 0 saturated heterocycles. The lowest BCUT2D eigenvalue weighted by atomic mass is 9.97. The highest BCUT2D eigenvalue weighted by Crippen LogP contribution is 2.33. The normalized spacial score (nSPS) is 11.3. The molecule has 0 atom stereocenters. The Balaban J connectivity index is 2.57. The molecule has 2 aromatic carbocycles. The van der Waals surface area contributed by atoms with E-state index in [1.807, 2.05) is 0 Å². The van der Waals surface area contributed by atoms with Crippen molar-refractivity contribution in [2.24, 2.45) is 0 Å². The van der Waals surface area contributed by atoms with Gasteiger partial charge in [0.1, 0.15) is 5.82 Å². The highest BCUT2D eigenvalue weighted by molar-refractivity contribution is 5.97. The van der Waals surface area contributed by atoms with Gasteiger partial charge in [0.2, 0.25) is 0 Å². The molecule has 22 heavy (non-hydrogen) atoms. The highest BCUT2D eigenvalue weighted by Gasteiger charge is 2.30. The summed E-state index contributed by atoms with van der Waals surface area (Å²) in [6.45, 7) is 1.71. The van der Waals surface area contributed by atoms with Gasteiger partial charge in [0, 0.05) is 0 Å². The summed E-state index contributed by atoms with van der Waals surface area (Å²) in [6, 6.07) is 7.64. The largest absolute Gasteiger partial charge is 0.462 e. The molecule has 0 saturated carbocycles. The third kappa shape index (κ3) is 3.44. The van der Waals surface area contributed by atoms with Gasteiger partial charge in [-0.25, -0.2) is 9.18 Å². The first kappa shape index (κ1) is 16.0. The maximum Gasteiger partial charge on any atom is 0.416 e. The summed E-state index contributed by atoms with van der Waals surface area (Å²) in [6.07, 6.45) is -4.52. The molecule has 0 radical (unpaired) electrons. The Morgan fingerprint density at radius 2 is 1.86 bits per heavy atom. The minimum absolute atomic E-state index is 0.0163. The van der Waals surface area contributed by atoms with Gasteiger partial charge < -0.3 is 4.74 Å². The van der Waals surface area contributed by atoms with Crippen molar-refractivity contribution in [2.45, 2.75) is 13.1 Å². The van der Waals surface area contributed by atoms with E-state index in [4.69, 9.17) is 4.74 Å². The zero-order valence-corrected chi connectivity index (χ0v) is 11.6. The van der Waals surface area contributed by atoms with E-state index < -0.39 is 23.5 Å². The second-order valence-electron chi connectivity index (χ2n) is 4.49. The molecule has 6 heteroatoms. The van der Waals surface area contributed by atoms with Gasteiger partial charge in [-0.1, -0.05) is 12.1 Å². The van der Waals surface area contributed by atoms with Crippen LogP contribution in [0.1, 0.15) is 22.8 Å². The molecule has 0 aliphatic rings. The van der Waals surface area contributed by atoms with Crippen LogP contribution in [-0.4, -0.2) is 12.6 Å². The smallest absolute Gasteiger partial charge is 0.416 e. The van der Waals surface area contributed by atoms with Gasteiger partial charge in [0.15, 0.2) is 0 Å². The predicted octanol–water partition coefficient (Wildman–Crippen LogP) is 4.69. The molecule has 0 aliphatic carbocycles. The average molecular weight is 312 g/mol. The van der Waals surface area contributed by atoms with Crippen molar-refractivity contribution in [1.82, 2.24) is 0 Å². The molecular weight excluding hydrogens is 300 g/mol. The fraction of sp³-hybridized carbons (Fsp3) is 0.188. The zero-order valence-electron chi connectivity index (χ0n) is 11.6. The van der Waals surface area contributed by atoms with Gasteiger partial charge in [-0.05, 0) is 48.4 Å². The molecule has 116 valence electrons. The topological polar surface area (TPSA) is 26.3 Å². The number of esters is 1. The molecule has 0 bridgehead atoms. The monoisotopic (exact) mass is 312 g/mol. The molecule has 0 fully saturated rings. The summed E-state index contributed by atoms with van der Waals surface area (Å²) in [4.78, 5) is 11.9. The Kier molecular flexibility index (Phi) is 4.49. The van der Waals surface area contributed by atoms with E-state index in [0.29, 0.717) is 0 Å². The molecule has 2 aromatic rings. The second-order valence-corrected chi connectivity index (χ2v) is 4.49. The molecular formula is C16H12F4O2. The summed E-state index contributed by atoms with van der Waals surface area (Å²) < 4.78 is 56.6. The first-order valence-electron chi connectivity index (χ1n) is 6.47. The molecule has 0 spiro atoms. The zero-order chi connectivity index (χ0) is 16.3. The van der Waals surface area contributed by atoms with Crippen molar-refractivity contribution in [3.05, 3.63) is 59.4 Å². The Labute approximate surface area is 124 Å². The molecule has 0 amide bonds. The lowest BCUT2D eigenvalue weighted by molar-refractivity contribution is -0.137. The molecule has 0 N–H and O–H groups in total. The van der Waals surface area contributed by atoms with Crippen molar-refractivity contribution in [1.29, 1.82) is 0 Å². The first-order valence-corrected chi connectivity index (χ1v) is 6.47. The Morgan fingerprint density at radius 1 is 1.14 bits per heavy atom. The number of carbonyl (C=O) groups excluding carboxylic acids is 1. The van der Waals surface area contributed by atoms with Gasteiger partial charge in [0.25, 0.3) is 0 Å². The SMILES string of the molecule is CCOC(=O)c1ccc(F)cc1-c1cccc(C(F)(F)F)c1. The van der Waals surface area contributed by atoms with Crippen LogP contribution < -0.4 is 0 Å². The van der Waals surface area contributed by atoms with Crippen LogP contribution in [0.4, 0.5) is 17.6 Å². The van der Waals surface area contributed by atoms with Gasteiger partial charge in [-0.2, -0.15) is 13.2 Å². The second kappa shape index (κ2) is 6.17. The third-order valence-corrected chi connectivity index (χ3v) is 2.98. The summed E-state index contributed by atoms with van der Waals surface area (Å²) in [5, 5.41) is 0.